The molecule has 3 rings (SSSR count). The van der Waals surface area contributed by atoms with Gasteiger partial charge in [0.2, 0.25) is 6.79 Å². The quantitative estimate of drug-likeness (QED) is 0.694. The van der Waals surface area contributed by atoms with E-state index >= 15 is 0 Å². The molecular weight excluding hydrogens is 292 g/mol. The Labute approximate surface area is 126 Å². The molecule has 106 valence electrons. The minimum absolute atomic E-state index is 0.186. The Hall–Kier alpha value is -2.46. The summed E-state index contributed by atoms with van der Waals surface area (Å²) in [4.78, 5) is 11.5. The minimum Gasteiger partial charge on any atom is -0.478 e. The van der Waals surface area contributed by atoms with E-state index in [1.807, 2.05) is 0 Å². The molecule has 0 saturated heterocycles. The molecule has 5 heteroatoms. The maximum absolute atomic E-state index is 11.5. The van der Waals surface area contributed by atoms with Crippen LogP contribution in [0.4, 0.5) is 0 Å². The van der Waals surface area contributed by atoms with Gasteiger partial charge in [-0.15, -0.1) is 0 Å². The van der Waals surface area contributed by atoms with Crippen molar-refractivity contribution in [3.8, 4) is 11.5 Å². The van der Waals surface area contributed by atoms with Gasteiger partial charge in [-0.2, -0.15) is 0 Å². The minimum atomic E-state index is -1.00. The second-order valence-corrected chi connectivity index (χ2v) is 4.92. The SMILES string of the molecule is O=C(O)C(=Cc1ccc2c(c1)OCO2)c1ccc(Cl)cc1. The van der Waals surface area contributed by atoms with Gasteiger partial charge in [0.1, 0.15) is 0 Å². The summed E-state index contributed by atoms with van der Waals surface area (Å²) in [5, 5.41) is 9.96. The fraction of sp³-hybridized carbons (Fsp3) is 0.0625. The Balaban J connectivity index is 2.00. The summed E-state index contributed by atoms with van der Waals surface area (Å²) < 4.78 is 10.5. The molecule has 1 aliphatic rings. The van der Waals surface area contributed by atoms with Crippen molar-refractivity contribution in [3.63, 3.8) is 0 Å². The highest BCUT2D eigenvalue weighted by molar-refractivity contribution is 6.30. The van der Waals surface area contributed by atoms with Crippen LogP contribution in [0, 0.1) is 0 Å². The third-order valence-corrected chi connectivity index (χ3v) is 3.35. The van der Waals surface area contributed by atoms with Gasteiger partial charge in [0, 0.05) is 5.02 Å². The molecule has 0 aliphatic carbocycles. The number of hydrogen-bond donors (Lipinski definition) is 1. The molecule has 0 radical (unpaired) electrons. The highest BCUT2D eigenvalue weighted by Crippen LogP contribution is 2.33. The molecule has 0 spiro atoms. The molecule has 0 fully saturated rings. The van der Waals surface area contributed by atoms with E-state index in [4.69, 9.17) is 21.1 Å². The predicted octanol–water partition coefficient (Wildman–Crippen LogP) is 3.69. The summed E-state index contributed by atoms with van der Waals surface area (Å²) in [6, 6.07) is 12.0. The van der Waals surface area contributed by atoms with Crippen molar-refractivity contribution in [2.45, 2.75) is 0 Å². The molecule has 1 N–H and O–H groups in total. The Bertz CT molecular complexity index is 720. The van der Waals surface area contributed by atoms with Gasteiger partial charge in [-0.1, -0.05) is 29.8 Å². The third kappa shape index (κ3) is 2.85. The van der Waals surface area contributed by atoms with Crippen LogP contribution < -0.4 is 9.47 Å². The zero-order valence-electron chi connectivity index (χ0n) is 10.9. The van der Waals surface area contributed by atoms with Gasteiger partial charge >= 0.3 is 5.97 Å². The molecule has 2 aromatic rings. The molecule has 2 aromatic carbocycles. The van der Waals surface area contributed by atoms with Gasteiger partial charge in [0.05, 0.1) is 5.57 Å². The lowest BCUT2D eigenvalue weighted by molar-refractivity contribution is -0.130. The number of fused-ring (bicyclic) bond motifs is 1. The summed E-state index contributed by atoms with van der Waals surface area (Å²) in [6.45, 7) is 0.186. The van der Waals surface area contributed by atoms with Crippen molar-refractivity contribution in [2.24, 2.45) is 0 Å². The molecule has 0 atom stereocenters. The Morgan fingerprint density at radius 3 is 2.52 bits per heavy atom. The second-order valence-electron chi connectivity index (χ2n) is 4.48. The molecule has 21 heavy (non-hydrogen) atoms. The van der Waals surface area contributed by atoms with Crippen LogP contribution in [0.3, 0.4) is 0 Å². The van der Waals surface area contributed by atoms with E-state index in [1.54, 1.807) is 48.5 Å². The van der Waals surface area contributed by atoms with E-state index in [-0.39, 0.29) is 12.4 Å². The zero-order chi connectivity index (χ0) is 14.8. The molecule has 4 nitrogen and oxygen atoms in total. The van der Waals surface area contributed by atoms with E-state index in [1.165, 1.54) is 0 Å². The number of benzene rings is 2. The summed E-state index contributed by atoms with van der Waals surface area (Å²) >= 11 is 5.82. The van der Waals surface area contributed by atoms with E-state index in [0.29, 0.717) is 22.1 Å². The monoisotopic (exact) mass is 302 g/mol. The lowest BCUT2D eigenvalue weighted by Crippen LogP contribution is -1.99. The summed E-state index contributed by atoms with van der Waals surface area (Å²) in [5.41, 5.74) is 1.50. The fourth-order valence-corrected chi connectivity index (χ4v) is 2.19. The Morgan fingerprint density at radius 2 is 1.81 bits per heavy atom. The molecule has 0 saturated carbocycles. The first-order chi connectivity index (χ1) is 10.1. The molecule has 1 heterocycles. The number of rotatable bonds is 3. The number of aliphatic carboxylic acids is 1. The summed E-state index contributed by atoms with van der Waals surface area (Å²) in [6.07, 6.45) is 1.59. The second kappa shape index (κ2) is 5.50. The Morgan fingerprint density at radius 1 is 1.10 bits per heavy atom. The van der Waals surface area contributed by atoms with Crippen LogP contribution in [-0.2, 0) is 4.79 Å². The number of hydrogen-bond acceptors (Lipinski definition) is 3. The largest absolute Gasteiger partial charge is 0.478 e. The molecule has 0 unspecified atom stereocenters. The van der Waals surface area contributed by atoms with E-state index in [0.717, 1.165) is 5.56 Å². The first kappa shape index (κ1) is 13.5. The number of carbonyl (C=O) groups is 1. The standard InChI is InChI=1S/C16H11ClO4/c17-12-4-2-11(3-5-12)13(16(18)19)7-10-1-6-14-15(8-10)21-9-20-14/h1-8H,9H2,(H,18,19). The van der Waals surface area contributed by atoms with E-state index < -0.39 is 5.97 Å². The highest BCUT2D eigenvalue weighted by atomic mass is 35.5. The molecule has 0 bridgehead atoms. The van der Waals surface area contributed by atoms with Crippen LogP contribution in [-0.4, -0.2) is 17.9 Å². The van der Waals surface area contributed by atoms with Crippen LogP contribution in [0.25, 0.3) is 11.6 Å². The van der Waals surface area contributed by atoms with Crippen molar-refractivity contribution >= 4 is 29.2 Å². The maximum Gasteiger partial charge on any atom is 0.336 e. The Kier molecular flexibility index (Phi) is 3.54. The highest BCUT2D eigenvalue weighted by Gasteiger charge is 2.15. The lowest BCUT2D eigenvalue weighted by atomic mass is 10.0. The summed E-state index contributed by atoms with van der Waals surface area (Å²) in [5.74, 6) is 0.273. The van der Waals surface area contributed by atoms with E-state index in [2.05, 4.69) is 0 Å². The fourth-order valence-electron chi connectivity index (χ4n) is 2.07. The topological polar surface area (TPSA) is 55.8 Å². The van der Waals surface area contributed by atoms with Crippen LogP contribution in [0.1, 0.15) is 11.1 Å². The maximum atomic E-state index is 11.5. The average Bonchev–Trinajstić information content (AvgIpc) is 2.93. The van der Waals surface area contributed by atoms with Gasteiger partial charge in [0.15, 0.2) is 11.5 Å². The van der Waals surface area contributed by atoms with Crippen molar-refractivity contribution in [3.05, 3.63) is 58.6 Å². The zero-order valence-corrected chi connectivity index (χ0v) is 11.6. The van der Waals surface area contributed by atoms with Crippen LogP contribution in [0.5, 0.6) is 11.5 Å². The lowest BCUT2D eigenvalue weighted by Gasteiger charge is -2.04. The van der Waals surface area contributed by atoms with Crippen LogP contribution >= 0.6 is 11.6 Å². The summed E-state index contributed by atoms with van der Waals surface area (Å²) in [7, 11) is 0. The van der Waals surface area contributed by atoms with E-state index in [9.17, 15) is 9.90 Å². The normalized spacial score (nSPS) is 13.3. The molecule has 0 aromatic heterocycles. The molecule has 0 amide bonds. The smallest absolute Gasteiger partial charge is 0.336 e. The number of carboxylic acid groups (broad SMARTS) is 1. The van der Waals surface area contributed by atoms with Gasteiger partial charge in [-0.25, -0.2) is 4.79 Å². The number of carboxylic acids is 1. The first-order valence-corrected chi connectivity index (χ1v) is 6.62. The first-order valence-electron chi connectivity index (χ1n) is 6.24. The van der Waals surface area contributed by atoms with Gasteiger partial charge < -0.3 is 14.6 Å². The van der Waals surface area contributed by atoms with Gasteiger partial charge in [-0.05, 0) is 41.5 Å². The van der Waals surface area contributed by atoms with Crippen LogP contribution in [0.2, 0.25) is 5.02 Å². The van der Waals surface area contributed by atoms with Gasteiger partial charge in [0.25, 0.3) is 0 Å². The third-order valence-electron chi connectivity index (χ3n) is 3.09. The van der Waals surface area contributed by atoms with Gasteiger partial charge in [-0.3, -0.25) is 0 Å². The number of ether oxygens (including phenoxy) is 2. The van der Waals surface area contributed by atoms with Crippen molar-refractivity contribution in [1.29, 1.82) is 0 Å². The average molecular weight is 303 g/mol. The van der Waals surface area contributed by atoms with Crippen molar-refractivity contribution in [1.82, 2.24) is 0 Å². The molecule has 1 aliphatic heterocycles. The van der Waals surface area contributed by atoms with Crippen LogP contribution in [0.15, 0.2) is 42.5 Å². The van der Waals surface area contributed by atoms with Crippen molar-refractivity contribution < 1.29 is 19.4 Å². The number of halogens is 1. The van der Waals surface area contributed by atoms with Crippen molar-refractivity contribution in [2.75, 3.05) is 6.79 Å². The predicted molar refractivity (Wildman–Crippen MR) is 79.5 cm³/mol. The molecular formula is C16H11ClO4.